The van der Waals surface area contributed by atoms with Crippen LogP contribution in [0.1, 0.15) is 115 Å². The van der Waals surface area contributed by atoms with Gasteiger partial charge in [0, 0.05) is 10.8 Å². The summed E-state index contributed by atoms with van der Waals surface area (Å²) in [5.41, 5.74) is -0.346. The number of esters is 1. The number of benzene rings is 4. The molecule has 1 saturated heterocycles. The van der Waals surface area contributed by atoms with Gasteiger partial charge in [-0.1, -0.05) is 113 Å². The Morgan fingerprint density at radius 1 is 0.810 bits per heavy atom. The van der Waals surface area contributed by atoms with Crippen LogP contribution >= 0.6 is 0 Å². The van der Waals surface area contributed by atoms with Crippen molar-refractivity contribution in [1.29, 1.82) is 0 Å². The molecule has 11 nitrogen and oxygen atoms in total. The lowest BCUT2D eigenvalue weighted by Crippen LogP contribution is -2.46. The lowest BCUT2D eigenvalue weighted by molar-refractivity contribution is -0.157. The van der Waals surface area contributed by atoms with Crippen LogP contribution in [0.4, 0.5) is 16.2 Å². The molecule has 1 aliphatic rings. The Kier molecular flexibility index (Phi) is 14.8. The Bertz CT molecular complexity index is 2060. The van der Waals surface area contributed by atoms with Gasteiger partial charge in [0.25, 0.3) is 11.8 Å². The van der Waals surface area contributed by atoms with E-state index in [1.807, 2.05) is 25.1 Å². The van der Waals surface area contributed by atoms with Crippen LogP contribution in [0.25, 0.3) is 10.8 Å². The molecular formula is C47H59N3O8. The molecule has 0 aromatic heterocycles. The van der Waals surface area contributed by atoms with Gasteiger partial charge < -0.3 is 24.6 Å². The van der Waals surface area contributed by atoms with E-state index in [4.69, 9.17) is 14.2 Å². The minimum Gasteiger partial charge on any atom is -0.506 e. The lowest BCUT2D eigenvalue weighted by Gasteiger charge is -2.27. The van der Waals surface area contributed by atoms with E-state index in [1.54, 1.807) is 82.3 Å². The molecule has 0 saturated carbocycles. The fourth-order valence-corrected chi connectivity index (χ4v) is 6.92. The summed E-state index contributed by atoms with van der Waals surface area (Å²) in [6, 6.07) is 22.4. The molecule has 0 bridgehead atoms. The van der Waals surface area contributed by atoms with Crippen LogP contribution in [-0.2, 0) is 14.3 Å². The van der Waals surface area contributed by atoms with Crippen LogP contribution < -0.4 is 19.8 Å². The maximum Gasteiger partial charge on any atom is 0.441 e. The number of ether oxygens (including phenoxy) is 3. The van der Waals surface area contributed by atoms with Crippen molar-refractivity contribution < 1.29 is 38.5 Å². The number of hydrogen-bond donors (Lipinski definition) is 2. The number of aryl methyl sites for hydroxylation is 1. The Hall–Kier alpha value is -5.58. The standard InChI is InChI=1S/C47H59N3O8/c1-7-8-9-10-11-12-13-14-15-21-28-56-39-27-26-33(2)29-38(39)48-42(52)37-30-40(35-24-19-20-25-36(35)41(37)51)58-45(55)50-43(53)47(6,32-57-44(54)46(3,4)5)31-49(50)34-22-17-16-18-23-34/h16-20,22-27,29-30,51H,7-15,21,28,31-32H2,1-6H3,(H,48,52). The van der Waals surface area contributed by atoms with Gasteiger partial charge in [-0.25, -0.2) is 4.79 Å². The van der Waals surface area contributed by atoms with Crippen molar-refractivity contribution in [3.8, 4) is 17.2 Å². The number of aromatic hydroxyl groups is 1. The first-order valence-electron chi connectivity index (χ1n) is 20.6. The quantitative estimate of drug-likeness (QED) is 0.0745. The van der Waals surface area contributed by atoms with E-state index < -0.39 is 34.7 Å². The summed E-state index contributed by atoms with van der Waals surface area (Å²) in [4.78, 5) is 55.0. The third kappa shape index (κ3) is 10.9. The molecule has 3 amide bonds. The average molecular weight is 794 g/mol. The van der Waals surface area contributed by atoms with Crippen LogP contribution in [0.3, 0.4) is 0 Å². The molecule has 0 aliphatic carbocycles. The van der Waals surface area contributed by atoms with Crippen molar-refractivity contribution in [2.24, 2.45) is 10.8 Å². The predicted molar refractivity (Wildman–Crippen MR) is 227 cm³/mol. The number of phenolic OH excluding ortho intramolecular Hbond substituents is 1. The molecule has 1 atom stereocenters. The molecule has 0 radical (unpaired) electrons. The van der Waals surface area contributed by atoms with Gasteiger partial charge in [-0.15, -0.1) is 0 Å². The van der Waals surface area contributed by atoms with Gasteiger partial charge in [0.15, 0.2) is 0 Å². The van der Waals surface area contributed by atoms with Gasteiger partial charge >= 0.3 is 12.1 Å². The number of rotatable bonds is 18. The van der Waals surface area contributed by atoms with E-state index in [9.17, 15) is 24.3 Å². The number of nitrogens with one attached hydrogen (secondary N) is 1. The number of phenols is 1. The Labute approximate surface area is 342 Å². The third-order valence-corrected chi connectivity index (χ3v) is 10.4. The third-order valence-electron chi connectivity index (χ3n) is 10.4. The molecule has 11 heteroatoms. The van der Waals surface area contributed by atoms with Crippen molar-refractivity contribution in [3.05, 3.63) is 90.0 Å². The van der Waals surface area contributed by atoms with E-state index in [-0.39, 0.29) is 35.6 Å². The number of imide groups is 1. The lowest BCUT2D eigenvalue weighted by atomic mass is 9.91. The van der Waals surface area contributed by atoms with Crippen LogP contribution in [-0.4, -0.2) is 53.8 Å². The Balaban J connectivity index is 1.33. The fourth-order valence-electron chi connectivity index (χ4n) is 6.92. The predicted octanol–water partition coefficient (Wildman–Crippen LogP) is 10.8. The molecule has 2 N–H and O–H groups in total. The highest BCUT2D eigenvalue weighted by atomic mass is 16.6. The Morgan fingerprint density at radius 2 is 1.43 bits per heavy atom. The van der Waals surface area contributed by atoms with Gasteiger partial charge in [-0.05, 0) is 76.9 Å². The van der Waals surface area contributed by atoms with Crippen LogP contribution in [0.2, 0.25) is 0 Å². The zero-order valence-corrected chi connectivity index (χ0v) is 34.9. The molecule has 1 aliphatic heterocycles. The monoisotopic (exact) mass is 793 g/mol. The SMILES string of the molecule is CCCCCCCCCCCCOc1ccc(C)cc1NC(=O)c1cc(OC(=O)N2C(=O)C(C)(COC(=O)C(C)(C)C)CN2c2ccccc2)c2ccccc2c1O. The molecule has 1 fully saturated rings. The van der Waals surface area contributed by atoms with Crippen molar-refractivity contribution in [3.63, 3.8) is 0 Å². The summed E-state index contributed by atoms with van der Waals surface area (Å²) in [5.74, 6) is -1.59. The second-order valence-corrected chi connectivity index (χ2v) is 16.6. The van der Waals surface area contributed by atoms with Crippen molar-refractivity contribution in [1.82, 2.24) is 5.01 Å². The largest absolute Gasteiger partial charge is 0.506 e. The highest BCUT2D eigenvalue weighted by Crippen LogP contribution is 2.40. The van der Waals surface area contributed by atoms with E-state index >= 15 is 0 Å². The molecule has 58 heavy (non-hydrogen) atoms. The number of hydrazine groups is 1. The highest BCUT2D eigenvalue weighted by Gasteiger charge is 2.52. The van der Waals surface area contributed by atoms with Gasteiger partial charge in [0.2, 0.25) is 0 Å². The minimum atomic E-state index is -1.29. The number of fused-ring (bicyclic) bond motifs is 1. The number of carbonyl (C=O) groups is 4. The van der Waals surface area contributed by atoms with E-state index in [1.165, 1.54) is 56.0 Å². The molecule has 5 rings (SSSR count). The fraction of sp³-hybridized carbons (Fsp3) is 0.447. The number of nitrogens with zero attached hydrogens (tertiary/aromatic N) is 2. The van der Waals surface area contributed by atoms with Crippen LogP contribution in [0.5, 0.6) is 17.2 Å². The van der Waals surface area contributed by atoms with Crippen molar-refractivity contribution in [2.75, 3.05) is 30.1 Å². The first-order chi connectivity index (χ1) is 27.7. The van der Waals surface area contributed by atoms with Crippen LogP contribution in [0, 0.1) is 17.8 Å². The van der Waals surface area contributed by atoms with Gasteiger partial charge in [0.05, 0.1) is 35.5 Å². The summed E-state index contributed by atoms with van der Waals surface area (Å²) < 4.78 is 17.7. The summed E-state index contributed by atoms with van der Waals surface area (Å²) >= 11 is 0. The van der Waals surface area contributed by atoms with E-state index in [0.29, 0.717) is 29.1 Å². The van der Waals surface area contributed by atoms with Gasteiger partial charge in [0.1, 0.15) is 29.3 Å². The normalized spacial score (nSPS) is 15.4. The molecule has 4 aromatic carbocycles. The highest BCUT2D eigenvalue weighted by molar-refractivity contribution is 6.12. The minimum absolute atomic E-state index is 0.0203. The Morgan fingerprint density at radius 3 is 2.09 bits per heavy atom. The summed E-state index contributed by atoms with van der Waals surface area (Å²) in [5, 5.41) is 17.3. The van der Waals surface area contributed by atoms with Gasteiger partial charge in [-0.2, -0.15) is 5.01 Å². The summed E-state index contributed by atoms with van der Waals surface area (Å²) in [7, 11) is 0. The first kappa shape index (κ1) is 43.5. The number of unbranched alkanes of at least 4 members (excludes halogenated alkanes) is 9. The maximum absolute atomic E-state index is 14.2. The zero-order valence-electron chi connectivity index (χ0n) is 34.9. The number of hydrogen-bond acceptors (Lipinski definition) is 9. The molecule has 310 valence electrons. The number of para-hydroxylation sites is 1. The smallest absolute Gasteiger partial charge is 0.441 e. The van der Waals surface area contributed by atoms with E-state index in [2.05, 4.69) is 12.2 Å². The zero-order chi connectivity index (χ0) is 41.9. The molecule has 4 aromatic rings. The molecule has 0 spiro atoms. The number of amides is 3. The van der Waals surface area contributed by atoms with Gasteiger partial charge in [-0.3, -0.25) is 19.4 Å². The molecular weight excluding hydrogens is 735 g/mol. The second kappa shape index (κ2) is 19.7. The van der Waals surface area contributed by atoms with Crippen LogP contribution in [0.15, 0.2) is 78.9 Å². The first-order valence-corrected chi connectivity index (χ1v) is 20.6. The van der Waals surface area contributed by atoms with E-state index in [0.717, 1.165) is 29.8 Å². The number of carbonyl (C=O) groups excluding carboxylic acids is 4. The number of anilines is 2. The van der Waals surface area contributed by atoms with Crippen molar-refractivity contribution >= 4 is 46.0 Å². The summed E-state index contributed by atoms with van der Waals surface area (Å²) in [6.45, 7) is 11.2. The average Bonchev–Trinajstić information content (AvgIpc) is 3.47. The topological polar surface area (TPSA) is 135 Å². The summed E-state index contributed by atoms with van der Waals surface area (Å²) in [6.07, 6.45) is 11.1. The molecule has 1 unspecified atom stereocenters. The maximum atomic E-state index is 14.2. The molecule has 1 heterocycles. The second-order valence-electron chi connectivity index (χ2n) is 16.6. The van der Waals surface area contributed by atoms with Crippen molar-refractivity contribution in [2.45, 2.75) is 106 Å².